The number of likely N-dealkylation sites (tertiary alicyclic amines) is 1. The molecule has 23 heavy (non-hydrogen) atoms. The lowest BCUT2D eigenvalue weighted by molar-refractivity contribution is -0.131. The van der Waals surface area contributed by atoms with E-state index in [0.717, 1.165) is 49.0 Å². The fourth-order valence-electron chi connectivity index (χ4n) is 2.96. The molecular weight excluding hydrogens is 308 g/mol. The predicted molar refractivity (Wildman–Crippen MR) is 96.2 cm³/mol. The van der Waals surface area contributed by atoms with E-state index in [9.17, 15) is 4.79 Å². The normalized spacial score (nSPS) is 17.1. The van der Waals surface area contributed by atoms with Crippen LogP contribution in [-0.2, 0) is 4.79 Å². The molecule has 1 unspecified atom stereocenters. The molecule has 1 N–H and O–H groups in total. The van der Waals surface area contributed by atoms with Gasteiger partial charge in [0.1, 0.15) is 5.75 Å². The lowest BCUT2D eigenvalue weighted by atomic mass is 9.93. The molecule has 0 radical (unpaired) electrons. The van der Waals surface area contributed by atoms with Gasteiger partial charge in [0, 0.05) is 18.0 Å². The van der Waals surface area contributed by atoms with E-state index in [-0.39, 0.29) is 11.2 Å². The number of hydrogen-bond donors (Lipinski definition) is 1. The minimum Gasteiger partial charge on any atom is -0.497 e. The van der Waals surface area contributed by atoms with E-state index in [2.05, 4.69) is 5.32 Å². The molecule has 0 aromatic heterocycles. The van der Waals surface area contributed by atoms with Crippen LogP contribution in [0.15, 0.2) is 29.2 Å². The average Bonchev–Trinajstić information content (AvgIpc) is 2.60. The van der Waals surface area contributed by atoms with Gasteiger partial charge in [0.25, 0.3) is 0 Å². The molecule has 1 amide bonds. The van der Waals surface area contributed by atoms with Crippen molar-refractivity contribution in [2.24, 2.45) is 5.92 Å². The van der Waals surface area contributed by atoms with E-state index >= 15 is 0 Å². The number of nitrogens with one attached hydrogen (secondary N) is 1. The summed E-state index contributed by atoms with van der Waals surface area (Å²) in [6, 6.07) is 7.90. The Hall–Kier alpha value is -1.20. The number of hydrogen-bond acceptors (Lipinski definition) is 4. The molecule has 5 heteroatoms. The van der Waals surface area contributed by atoms with Crippen LogP contribution in [0, 0.1) is 5.92 Å². The molecule has 1 saturated heterocycles. The molecule has 0 saturated carbocycles. The molecular formula is C18H28N2O2S. The van der Waals surface area contributed by atoms with Gasteiger partial charge < -0.3 is 15.0 Å². The molecule has 1 aliphatic heterocycles. The molecule has 0 bridgehead atoms. The van der Waals surface area contributed by atoms with E-state index < -0.39 is 0 Å². The fraction of sp³-hybridized carbons (Fsp3) is 0.611. The maximum Gasteiger partial charge on any atom is 0.235 e. The minimum atomic E-state index is -0.0442. The first-order valence-corrected chi connectivity index (χ1v) is 9.26. The summed E-state index contributed by atoms with van der Waals surface area (Å²) in [5.74, 6) is 1.87. The maximum atomic E-state index is 12.6. The van der Waals surface area contributed by atoms with Crippen molar-refractivity contribution in [1.29, 1.82) is 0 Å². The van der Waals surface area contributed by atoms with Gasteiger partial charge in [-0.05, 0) is 70.0 Å². The summed E-state index contributed by atoms with van der Waals surface area (Å²) in [5, 5.41) is 3.17. The van der Waals surface area contributed by atoms with Gasteiger partial charge in [-0.15, -0.1) is 11.8 Å². The molecule has 1 aromatic carbocycles. The van der Waals surface area contributed by atoms with Crippen molar-refractivity contribution in [3.05, 3.63) is 24.3 Å². The van der Waals surface area contributed by atoms with Crippen molar-refractivity contribution < 1.29 is 9.53 Å². The summed E-state index contributed by atoms with van der Waals surface area (Å²) in [4.78, 5) is 15.8. The largest absolute Gasteiger partial charge is 0.497 e. The molecule has 1 fully saturated rings. The van der Waals surface area contributed by atoms with Crippen LogP contribution < -0.4 is 10.1 Å². The Morgan fingerprint density at radius 1 is 1.35 bits per heavy atom. The van der Waals surface area contributed by atoms with Crippen LogP contribution in [0.4, 0.5) is 0 Å². The number of benzene rings is 1. The first kappa shape index (κ1) is 18.1. The molecule has 2 rings (SSSR count). The number of rotatable bonds is 7. The van der Waals surface area contributed by atoms with Crippen molar-refractivity contribution in [2.45, 2.75) is 36.3 Å². The highest BCUT2D eigenvalue weighted by Gasteiger charge is 2.26. The van der Waals surface area contributed by atoms with Crippen molar-refractivity contribution in [1.82, 2.24) is 10.2 Å². The van der Waals surface area contributed by atoms with Crippen LogP contribution in [-0.4, -0.2) is 49.8 Å². The van der Waals surface area contributed by atoms with Gasteiger partial charge in [-0.3, -0.25) is 4.79 Å². The third kappa shape index (κ3) is 5.43. The van der Waals surface area contributed by atoms with Crippen molar-refractivity contribution in [2.75, 3.05) is 33.8 Å². The van der Waals surface area contributed by atoms with Gasteiger partial charge in [0.2, 0.25) is 5.91 Å². The summed E-state index contributed by atoms with van der Waals surface area (Å²) in [7, 11) is 3.66. The zero-order valence-corrected chi connectivity index (χ0v) is 15.2. The van der Waals surface area contributed by atoms with Crippen LogP contribution >= 0.6 is 11.8 Å². The third-order valence-corrected chi connectivity index (χ3v) is 5.55. The molecule has 1 aliphatic rings. The SMILES string of the molecule is CNCCC1CCN(C(=O)C(C)Sc2ccc(OC)cc2)CC1. The summed E-state index contributed by atoms with van der Waals surface area (Å²) in [6.07, 6.45) is 3.48. The highest BCUT2D eigenvalue weighted by atomic mass is 32.2. The van der Waals surface area contributed by atoms with E-state index in [0.29, 0.717) is 0 Å². The van der Waals surface area contributed by atoms with Crippen molar-refractivity contribution in [3.8, 4) is 5.75 Å². The van der Waals surface area contributed by atoms with Crippen molar-refractivity contribution >= 4 is 17.7 Å². The summed E-state index contributed by atoms with van der Waals surface area (Å²) in [5.41, 5.74) is 0. The minimum absolute atomic E-state index is 0.0442. The second-order valence-electron chi connectivity index (χ2n) is 6.10. The van der Waals surface area contributed by atoms with E-state index in [1.165, 1.54) is 6.42 Å². The lowest BCUT2D eigenvalue weighted by Gasteiger charge is -2.33. The number of carbonyl (C=O) groups excluding carboxylic acids is 1. The molecule has 1 atom stereocenters. The Balaban J connectivity index is 1.80. The van der Waals surface area contributed by atoms with Gasteiger partial charge in [-0.25, -0.2) is 0 Å². The number of amides is 1. The summed E-state index contributed by atoms with van der Waals surface area (Å²) in [6.45, 7) is 4.88. The van der Waals surface area contributed by atoms with Crippen LogP contribution in [0.3, 0.4) is 0 Å². The van der Waals surface area contributed by atoms with Gasteiger partial charge in [0.15, 0.2) is 0 Å². The van der Waals surface area contributed by atoms with E-state index in [1.807, 2.05) is 43.1 Å². The number of nitrogens with zero attached hydrogens (tertiary/aromatic N) is 1. The van der Waals surface area contributed by atoms with Crippen LogP contribution in [0.25, 0.3) is 0 Å². The van der Waals surface area contributed by atoms with Gasteiger partial charge in [-0.1, -0.05) is 0 Å². The van der Waals surface area contributed by atoms with Crippen LogP contribution in [0.1, 0.15) is 26.2 Å². The standard InChI is InChI=1S/C18H28N2O2S/c1-14(23-17-6-4-16(22-3)5-7-17)18(21)20-12-9-15(10-13-20)8-11-19-2/h4-7,14-15,19H,8-13H2,1-3H3. The Kier molecular flexibility index (Phi) is 7.24. The quantitative estimate of drug-likeness (QED) is 0.777. The van der Waals surface area contributed by atoms with Crippen LogP contribution in [0.2, 0.25) is 0 Å². The highest BCUT2D eigenvalue weighted by Crippen LogP contribution is 2.28. The van der Waals surface area contributed by atoms with Crippen molar-refractivity contribution in [3.63, 3.8) is 0 Å². The molecule has 128 valence electrons. The first-order chi connectivity index (χ1) is 11.1. The topological polar surface area (TPSA) is 41.6 Å². The molecule has 0 aliphatic carbocycles. The second-order valence-corrected chi connectivity index (χ2v) is 7.51. The summed E-state index contributed by atoms with van der Waals surface area (Å²) < 4.78 is 5.17. The number of methoxy groups -OCH3 is 1. The fourth-order valence-corrected chi connectivity index (χ4v) is 3.91. The monoisotopic (exact) mass is 336 g/mol. The highest BCUT2D eigenvalue weighted by molar-refractivity contribution is 8.00. The summed E-state index contributed by atoms with van der Waals surface area (Å²) >= 11 is 1.62. The Bertz CT molecular complexity index is 484. The second kappa shape index (κ2) is 9.18. The molecule has 0 spiro atoms. The van der Waals surface area contributed by atoms with Gasteiger partial charge in [0.05, 0.1) is 12.4 Å². The zero-order valence-electron chi connectivity index (χ0n) is 14.4. The zero-order chi connectivity index (χ0) is 16.7. The van der Waals surface area contributed by atoms with Gasteiger partial charge in [-0.2, -0.15) is 0 Å². The number of carbonyl (C=O) groups is 1. The molecule has 4 nitrogen and oxygen atoms in total. The van der Waals surface area contributed by atoms with Crippen LogP contribution in [0.5, 0.6) is 5.75 Å². The maximum absolute atomic E-state index is 12.6. The lowest BCUT2D eigenvalue weighted by Crippen LogP contribution is -2.42. The van der Waals surface area contributed by atoms with E-state index in [4.69, 9.17) is 4.74 Å². The molecule has 1 aromatic rings. The van der Waals surface area contributed by atoms with Gasteiger partial charge >= 0.3 is 0 Å². The van der Waals surface area contributed by atoms with E-state index in [1.54, 1.807) is 18.9 Å². The average molecular weight is 337 g/mol. The number of ether oxygens (including phenoxy) is 1. The Morgan fingerprint density at radius 2 is 2.00 bits per heavy atom. The Morgan fingerprint density at radius 3 is 2.57 bits per heavy atom. The molecule has 1 heterocycles. The third-order valence-electron chi connectivity index (χ3n) is 4.45. The first-order valence-electron chi connectivity index (χ1n) is 8.38. The predicted octanol–water partition coefficient (Wildman–Crippen LogP) is 3.02. The number of thioether (sulfide) groups is 1. The smallest absolute Gasteiger partial charge is 0.235 e. The Labute approximate surface area is 144 Å². The number of piperidine rings is 1.